The predicted molar refractivity (Wildman–Crippen MR) is 194 cm³/mol. The Kier molecular flexibility index (Phi) is 5.39. The van der Waals surface area contributed by atoms with E-state index in [0.717, 1.165) is 62.8 Å². The molecule has 0 saturated heterocycles. The molecule has 0 radical (unpaired) electrons. The number of nitrogens with zero attached hydrogens (tertiary/aromatic N) is 2. The van der Waals surface area contributed by atoms with Crippen molar-refractivity contribution in [3.63, 3.8) is 0 Å². The summed E-state index contributed by atoms with van der Waals surface area (Å²) in [5, 5.41) is 3.74. The molecule has 4 heterocycles. The van der Waals surface area contributed by atoms with Crippen LogP contribution in [0.2, 0.25) is 0 Å². The highest BCUT2D eigenvalue weighted by Crippen LogP contribution is 2.45. The molecule has 0 spiro atoms. The van der Waals surface area contributed by atoms with Crippen LogP contribution in [0.25, 0.3) is 64.3 Å². The van der Waals surface area contributed by atoms with E-state index >= 15 is 0 Å². The summed E-state index contributed by atoms with van der Waals surface area (Å²) in [5.74, 6) is -0.955. The lowest BCUT2D eigenvalue weighted by Gasteiger charge is -2.02. The van der Waals surface area contributed by atoms with Gasteiger partial charge in [0.1, 0.15) is 0 Å². The summed E-state index contributed by atoms with van der Waals surface area (Å²) in [5.41, 5.74) is 6.10. The first-order valence-electron chi connectivity index (χ1n) is 15.4. The Morgan fingerprint density at radius 3 is 1.50 bits per heavy atom. The number of thiophene rings is 2. The van der Waals surface area contributed by atoms with Gasteiger partial charge in [-0.1, -0.05) is 48.5 Å². The Labute approximate surface area is 280 Å². The minimum Gasteiger partial charge on any atom is -0.342 e. The van der Waals surface area contributed by atoms with E-state index in [0.29, 0.717) is 22.3 Å². The Morgan fingerprint density at radius 1 is 0.521 bits per heavy atom. The topological polar surface area (TPSA) is 78.1 Å². The largest absolute Gasteiger partial charge is 0.342 e. The lowest BCUT2D eigenvalue weighted by atomic mass is 10.0. The second-order valence-electron chi connectivity index (χ2n) is 12.5. The summed E-state index contributed by atoms with van der Waals surface area (Å²) < 4.78 is 7.44. The fraction of sp³-hybridized carbons (Fsp3) is 0.0500. The number of hydrogen-bond donors (Lipinski definition) is 0. The molecule has 6 nitrogen and oxygen atoms in total. The molecule has 4 aromatic carbocycles. The molecule has 0 amide bonds. The van der Waals surface area contributed by atoms with Gasteiger partial charge in [-0.3, -0.25) is 19.2 Å². The summed E-state index contributed by atoms with van der Waals surface area (Å²) >= 11 is 3.23. The van der Waals surface area contributed by atoms with Crippen LogP contribution in [-0.2, 0) is 14.1 Å². The number of allylic oxidation sites excluding steroid dienone is 2. The predicted octanol–water partition coefficient (Wildman–Crippen LogP) is 9.18. The van der Waals surface area contributed by atoms with Crippen molar-refractivity contribution < 1.29 is 19.2 Å². The van der Waals surface area contributed by atoms with Crippen LogP contribution in [0.1, 0.15) is 52.0 Å². The molecule has 0 atom stereocenters. The lowest BCUT2D eigenvalue weighted by molar-refractivity contribution is 0.0975. The van der Waals surface area contributed by atoms with Gasteiger partial charge in [-0.25, -0.2) is 0 Å². The average Bonchev–Trinajstić information content (AvgIpc) is 3.90. The summed E-state index contributed by atoms with van der Waals surface area (Å²) in [6, 6.07) is 26.8. The minimum absolute atomic E-state index is 0.182. The summed E-state index contributed by atoms with van der Waals surface area (Å²) in [4.78, 5) is 54.5. The quantitative estimate of drug-likeness (QED) is 0.137. The molecule has 0 bridgehead atoms. The lowest BCUT2D eigenvalue weighted by Crippen LogP contribution is -2.02. The first-order chi connectivity index (χ1) is 23.3. The van der Waals surface area contributed by atoms with Gasteiger partial charge in [-0.05, 0) is 70.1 Å². The molecule has 48 heavy (non-hydrogen) atoms. The van der Waals surface area contributed by atoms with E-state index in [-0.39, 0.29) is 34.3 Å². The van der Waals surface area contributed by atoms with Gasteiger partial charge in [-0.2, -0.15) is 0 Å². The highest BCUT2D eigenvalue weighted by atomic mass is 32.1. The number of fused-ring (bicyclic) bond motifs is 9. The zero-order valence-corrected chi connectivity index (χ0v) is 27.2. The van der Waals surface area contributed by atoms with Gasteiger partial charge in [0.05, 0.1) is 41.8 Å². The Balaban J connectivity index is 1.04. The molecule has 0 N–H and O–H groups in total. The fourth-order valence-electron chi connectivity index (χ4n) is 7.39. The van der Waals surface area contributed by atoms with E-state index in [1.807, 2.05) is 104 Å². The monoisotopic (exact) mass is 658 g/mol. The fourth-order valence-corrected chi connectivity index (χ4v) is 9.97. The summed E-state index contributed by atoms with van der Waals surface area (Å²) in [6.45, 7) is 0. The van der Waals surface area contributed by atoms with E-state index in [9.17, 15) is 19.2 Å². The van der Waals surface area contributed by atoms with Gasteiger partial charge in [0.15, 0.2) is 23.1 Å². The third-order valence-electron chi connectivity index (χ3n) is 9.83. The number of hydrogen-bond acceptors (Lipinski definition) is 6. The molecule has 228 valence electrons. The van der Waals surface area contributed by atoms with Gasteiger partial charge in [0.25, 0.3) is 0 Å². The number of Topliss-reactive ketones (excluding diaryl/α,β-unsaturated/α-hetero) is 4. The number of ketones is 4. The van der Waals surface area contributed by atoms with Crippen LogP contribution in [-0.4, -0.2) is 32.3 Å². The molecule has 0 unspecified atom stereocenters. The molecule has 8 heteroatoms. The molecule has 2 aliphatic carbocycles. The Morgan fingerprint density at radius 2 is 1.00 bits per heavy atom. The van der Waals surface area contributed by atoms with Crippen molar-refractivity contribution in [3.8, 4) is 0 Å². The maximum Gasteiger partial charge on any atom is 0.197 e. The molecular weight excluding hydrogens is 637 g/mol. The van der Waals surface area contributed by atoms with E-state index in [1.54, 1.807) is 34.8 Å². The van der Waals surface area contributed by atoms with E-state index in [2.05, 4.69) is 4.57 Å². The van der Waals surface area contributed by atoms with Crippen LogP contribution in [0.5, 0.6) is 0 Å². The highest BCUT2D eigenvalue weighted by Gasteiger charge is 2.35. The minimum atomic E-state index is -0.243. The van der Waals surface area contributed by atoms with Gasteiger partial charge in [0.2, 0.25) is 0 Å². The molecule has 8 aromatic rings. The van der Waals surface area contributed by atoms with Crippen LogP contribution < -0.4 is 0 Å². The molecule has 0 fully saturated rings. The van der Waals surface area contributed by atoms with Crippen LogP contribution in [0.3, 0.4) is 0 Å². The van der Waals surface area contributed by atoms with Crippen LogP contribution in [0.15, 0.2) is 96.1 Å². The first-order valence-corrected chi connectivity index (χ1v) is 17.1. The van der Waals surface area contributed by atoms with Gasteiger partial charge >= 0.3 is 0 Å². The number of benzene rings is 4. The normalized spacial score (nSPS) is 14.5. The van der Waals surface area contributed by atoms with Crippen molar-refractivity contribution in [1.29, 1.82) is 0 Å². The summed E-state index contributed by atoms with van der Waals surface area (Å²) in [6.07, 6.45) is 3.46. The number of carbonyl (C=O) groups is 4. The zero-order valence-electron chi connectivity index (χ0n) is 25.6. The first kappa shape index (κ1) is 27.4. The zero-order chi connectivity index (χ0) is 32.6. The van der Waals surface area contributed by atoms with E-state index < -0.39 is 0 Å². The van der Waals surface area contributed by atoms with Crippen molar-refractivity contribution >= 4 is 110 Å². The van der Waals surface area contributed by atoms with Crippen molar-refractivity contribution in [1.82, 2.24) is 9.13 Å². The standard InChI is InChI=1S/C40H22N2O4S2/c1-41-23(15-29-35(43)25-11-19-7-3-4-8-20(19)12-26(25)36(29)44)16-32-33(41)34-40(48-32)39-31(42(34)2)18-24(47-39)17-30-37(45)27-13-21-9-5-6-10-22(21)14-28(27)38(30)46/h3-18H,1-2H3. The maximum atomic E-state index is 13.4. The smallest absolute Gasteiger partial charge is 0.197 e. The Bertz CT molecular complexity index is 2830. The number of carbonyl (C=O) groups excluding carboxylic acids is 4. The number of aryl methyl sites for hydroxylation is 2. The van der Waals surface area contributed by atoms with Crippen LogP contribution >= 0.6 is 22.7 Å². The van der Waals surface area contributed by atoms with Gasteiger partial charge in [-0.15, -0.1) is 22.7 Å². The number of aromatic nitrogens is 2. The second-order valence-corrected chi connectivity index (χ2v) is 14.6. The maximum absolute atomic E-state index is 13.4. The third-order valence-corrected chi connectivity index (χ3v) is 12.2. The molecule has 4 aromatic heterocycles. The molecule has 2 aliphatic rings. The SMILES string of the molecule is Cn1c(C=C2C(=O)c3cc4ccccc4cc3C2=O)cc2sc3c4sc(C=C5C(=O)c6cc7ccccc7cc6C5=O)cc4n(C)c3c21. The average molecular weight is 659 g/mol. The molecule has 0 aliphatic heterocycles. The molecular formula is C40H22N2O4S2. The number of rotatable bonds is 2. The van der Waals surface area contributed by atoms with Crippen molar-refractivity contribution in [2.75, 3.05) is 0 Å². The highest BCUT2D eigenvalue weighted by molar-refractivity contribution is 7.31. The van der Waals surface area contributed by atoms with Crippen LogP contribution in [0, 0.1) is 0 Å². The van der Waals surface area contributed by atoms with E-state index in [4.69, 9.17) is 0 Å². The van der Waals surface area contributed by atoms with Crippen LogP contribution in [0.4, 0.5) is 0 Å². The molecule has 10 rings (SSSR count). The van der Waals surface area contributed by atoms with Gasteiger partial charge < -0.3 is 9.13 Å². The van der Waals surface area contributed by atoms with Crippen molar-refractivity contribution in [2.45, 2.75) is 0 Å². The van der Waals surface area contributed by atoms with Crippen molar-refractivity contribution in [3.05, 3.63) is 129 Å². The van der Waals surface area contributed by atoms with E-state index in [1.165, 1.54) is 0 Å². The van der Waals surface area contributed by atoms with Crippen molar-refractivity contribution in [2.24, 2.45) is 14.1 Å². The Hall–Kier alpha value is -5.70. The van der Waals surface area contributed by atoms with Gasteiger partial charge in [0, 0.05) is 46.9 Å². The molecule has 0 saturated carbocycles. The second kappa shape index (κ2) is 9.44. The summed E-state index contributed by atoms with van der Waals surface area (Å²) in [7, 11) is 3.98. The third kappa shape index (κ3) is 3.56.